The summed E-state index contributed by atoms with van der Waals surface area (Å²) in [6, 6.07) is 11.0. The molecule has 1 aliphatic rings. The van der Waals surface area contributed by atoms with Crippen LogP contribution in [0.2, 0.25) is 5.02 Å². The Hall–Kier alpha value is -2.40. The van der Waals surface area contributed by atoms with Gasteiger partial charge in [-0.05, 0) is 43.0 Å². The highest BCUT2D eigenvalue weighted by molar-refractivity contribution is 6.33. The first kappa shape index (κ1) is 21.3. The zero-order valence-electron chi connectivity index (χ0n) is 16.8. The van der Waals surface area contributed by atoms with Gasteiger partial charge in [0.25, 0.3) is 5.91 Å². The van der Waals surface area contributed by atoms with Gasteiger partial charge >= 0.3 is 0 Å². The number of nitrogens with zero attached hydrogens (tertiary/aromatic N) is 2. The number of piperidine rings is 1. The molecule has 0 aliphatic carbocycles. The van der Waals surface area contributed by atoms with E-state index in [1.165, 1.54) is 0 Å². The molecule has 0 bridgehead atoms. The van der Waals surface area contributed by atoms with Crippen molar-refractivity contribution in [2.45, 2.75) is 45.1 Å². The quantitative estimate of drug-likeness (QED) is 0.719. The highest BCUT2D eigenvalue weighted by Crippen LogP contribution is 2.24. The van der Waals surface area contributed by atoms with Gasteiger partial charge in [0.05, 0.1) is 16.6 Å². The van der Waals surface area contributed by atoms with E-state index in [1.54, 1.807) is 23.2 Å². The van der Waals surface area contributed by atoms with Crippen LogP contribution < -0.4 is 5.32 Å². The Kier molecular flexibility index (Phi) is 7.64. The molecule has 1 aromatic carbocycles. The number of likely N-dealkylation sites (tertiary alicyclic amines) is 1. The highest BCUT2D eigenvalue weighted by atomic mass is 35.5. The van der Waals surface area contributed by atoms with Gasteiger partial charge in [-0.1, -0.05) is 49.6 Å². The molecule has 3 rings (SSSR count). The standard InChI is InChI=1S/C23H28ClN3O2/c1-2-3-10-21(18-7-6-13-25-16-18)26-22(28)17-11-14-27(15-12-17)23(29)19-8-4-5-9-20(19)24/h4-9,13,16-17,21H,2-3,10-12,14-15H2,1H3,(H,26,28). The number of hydrogen-bond donors (Lipinski definition) is 1. The van der Waals surface area contributed by atoms with Crippen LogP contribution >= 0.6 is 11.6 Å². The summed E-state index contributed by atoms with van der Waals surface area (Å²) >= 11 is 6.16. The lowest BCUT2D eigenvalue weighted by Crippen LogP contribution is -2.43. The molecule has 5 nitrogen and oxygen atoms in total. The lowest BCUT2D eigenvalue weighted by molar-refractivity contribution is -0.127. The molecular weight excluding hydrogens is 386 g/mol. The van der Waals surface area contributed by atoms with Crippen LogP contribution in [0.5, 0.6) is 0 Å². The number of unbranched alkanes of at least 4 members (excludes halogenated alkanes) is 1. The van der Waals surface area contributed by atoms with Crippen molar-refractivity contribution < 1.29 is 9.59 Å². The van der Waals surface area contributed by atoms with E-state index in [0.29, 0.717) is 36.5 Å². The first-order valence-electron chi connectivity index (χ1n) is 10.3. The molecule has 2 amide bonds. The maximum absolute atomic E-state index is 12.9. The van der Waals surface area contributed by atoms with Gasteiger partial charge in [-0.2, -0.15) is 0 Å². The Labute approximate surface area is 177 Å². The number of aromatic nitrogens is 1. The molecule has 0 saturated carbocycles. The van der Waals surface area contributed by atoms with E-state index in [4.69, 9.17) is 11.6 Å². The van der Waals surface area contributed by atoms with Crippen molar-refractivity contribution in [1.82, 2.24) is 15.2 Å². The number of hydrogen-bond acceptors (Lipinski definition) is 3. The first-order chi connectivity index (χ1) is 14.1. The summed E-state index contributed by atoms with van der Waals surface area (Å²) in [7, 11) is 0. The van der Waals surface area contributed by atoms with Crippen LogP contribution in [-0.2, 0) is 4.79 Å². The fraction of sp³-hybridized carbons (Fsp3) is 0.435. The van der Waals surface area contributed by atoms with Crippen molar-refractivity contribution in [1.29, 1.82) is 0 Å². The van der Waals surface area contributed by atoms with Gasteiger partial charge < -0.3 is 10.2 Å². The zero-order chi connectivity index (χ0) is 20.6. The third-order valence-corrected chi connectivity index (χ3v) is 5.84. The largest absolute Gasteiger partial charge is 0.349 e. The van der Waals surface area contributed by atoms with Crippen LogP contribution in [0.3, 0.4) is 0 Å². The predicted molar refractivity (Wildman–Crippen MR) is 115 cm³/mol. The molecule has 1 unspecified atom stereocenters. The molecule has 1 fully saturated rings. The van der Waals surface area contributed by atoms with Crippen LogP contribution in [0.1, 0.15) is 61.0 Å². The Bertz CT molecular complexity index is 820. The molecule has 0 spiro atoms. The average molecular weight is 414 g/mol. The number of pyridine rings is 1. The maximum Gasteiger partial charge on any atom is 0.255 e. The summed E-state index contributed by atoms with van der Waals surface area (Å²) in [5.74, 6) is -0.0727. The Morgan fingerprint density at radius 1 is 1.21 bits per heavy atom. The number of carbonyl (C=O) groups excluding carboxylic acids is 2. The smallest absolute Gasteiger partial charge is 0.255 e. The fourth-order valence-electron chi connectivity index (χ4n) is 3.75. The number of carbonyl (C=O) groups is 2. The number of nitrogens with one attached hydrogen (secondary N) is 1. The van der Waals surface area contributed by atoms with E-state index < -0.39 is 0 Å². The molecule has 1 aliphatic heterocycles. The third-order valence-electron chi connectivity index (χ3n) is 5.51. The fourth-order valence-corrected chi connectivity index (χ4v) is 3.97. The van der Waals surface area contributed by atoms with Crippen molar-refractivity contribution in [2.24, 2.45) is 5.92 Å². The Balaban J connectivity index is 1.57. The van der Waals surface area contributed by atoms with Crippen molar-refractivity contribution >= 4 is 23.4 Å². The summed E-state index contributed by atoms with van der Waals surface area (Å²) < 4.78 is 0. The zero-order valence-corrected chi connectivity index (χ0v) is 17.6. The van der Waals surface area contributed by atoms with Crippen molar-refractivity contribution in [3.63, 3.8) is 0 Å². The predicted octanol–water partition coefficient (Wildman–Crippen LogP) is 4.63. The van der Waals surface area contributed by atoms with E-state index in [0.717, 1.165) is 24.8 Å². The number of benzene rings is 1. The molecule has 1 N–H and O–H groups in total. The van der Waals surface area contributed by atoms with Gasteiger partial charge in [0.15, 0.2) is 0 Å². The molecule has 0 radical (unpaired) electrons. The van der Waals surface area contributed by atoms with Gasteiger partial charge in [0, 0.05) is 31.4 Å². The molecule has 2 aromatic rings. The average Bonchev–Trinajstić information content (AvgIpc) is 2.77. The molecule has 6 heteroatoms. The second kappa shape index (κ2) is 10.4. The summed E-state index contributed by atoms with van der Waals surface area (Å²) in [6.07, 6.45) is 7.92. The number of rotatable bonds is 7. The summed E-state index contributed by atoms with van der Waals surface area (Å²) in [6.45, 7) is 3.27. The molecule has 1 saturated heterocycles. The Morgan fingerprint density at radius 2 is 1.97 bits per heavy atom. The van der Waals surface area contributed by atoms with E-state index >= 15 is 0 Å². The van der Waals surface area contributed by atoms with Crippen LogP contribution in [0, 0.1) is 5.92 Å². The monoisotopic (exact) mass is 413 g/mol. The van der Waals surface area contributed by atoms with E-state index in [9.17, 15) is 9.59 Å². The second-order valence-electron chi connectivity index (χ2n) is 7.54. The summed E-state index contributed by atoms with van der Waals surface area (Å²) in [4.78, 5) is 31.6. The van der Waals surface area contributed by atoms with Crippen molar-refractivity contribution in [3.05, 3.63) is 64.9 Å². The number of amides is 2. The summed E-state index contributed by atoms with van der Waals surface area (Å²) in [5, 5.41) is 3.68. The maximum atomic E-state index is 12.9. The minimum atomic E-state index is -0.0777. The second-order valence-corrected chi connectivity index (χ2v) is 7.94. The number of halogens is 1. The summed E-state index contributed by atoms with van der Waals surface area (Å²) in [5.41, 5.74) is 1.56. The third kappa shape index (κ3) is 5.57. The van der Waals surface area contributed by atoms with E-state index in [1.807, 2.05) is 30.5 Å². The van der Waals surface area contributed by atoms with Crippen molar-refractivity contribution in [2.75, 3.05) is 13.1 Å². The minimum Gasteiger partial charge on any atom is -0.349 e. The molecule has 1 atom stereocenters. The molecule has 154 valence electrons. The SMILES string of the molecule is CCCCC(NC(=O)C1CCN(C(=O)c2ccccc2Cl)CC1)c1cccnc1. The van der Waals surface area contributed by atoms with Crippen LogP contribution in [0.15, 0.2) is 48.8 Å². The topological polar surface area (TPSA) is 62.3 Å². The lowest BCUT2D eigenvalue weighted by atomic mass is 9.94. The van der Waals surface area contributed by atoms with E-state index in [-0.39, 0.29) is 23.8 Å². The van der Waals surface area contributed by atoms with Crippen LogP contribution in [-0.4, -0.2) is 34.8 Å². The van der Waals surface area contributed by atoms with Crippen molar-refractivity contribution in [3.8, 4) is 0 Å². The minimum absolute atomic E-state index is 0.0149. The molecule has 2 heterocycles. The van der Waals surface area contributed by atoms with Crippen LogP contribution in [0.4, 0.5) is 0 Å². The molecule has 29 heavy (non-hydrogen) atoms. The van der Waals surface area contributed by atoms with E-state index in [2.05, 4.69) is 17.2 Å². The van der Waals surface area contributed by atoms with Gasteiger partial charge in [-0.25, -0.2) is 0 Å². The molecular formula is C23H28ClN3O2. The Morgan fingerprint density at radius 3 is 2.62 bits per heavy atom. The van der Waals surface area contributed by atoms with Gasteiger partial charge in [0.1, 0.15) is 0 Å². The van der Waals surface area contributed by atoms with Crippen LogP contribution in [0.25, 0.3) is 0 Å². The van der Waals surface area contributed by atoms with Gasteiger partial charge in [-0.3, -0.25) is 14.6 Å². The highest BCUT2D eigenvalue weighted by Gasteiger charge is 2.29. The lowest BCUT2D eigenvalue weighted by Gasteiger charge is -2.32. The van der Waals surface area contributed by atoms with Gasteiger partial charge in [-0.15, -0.1) is 0 Å². The first-order valence-corrected chi connectivity index (χ1v) is 10.7. The molecule has 1 aromatic heterocycles. The normalized spacial score (nSPS) is 15.7. The van der Waals surface area contributed by atoms with Gasteiger partial charge in [0.2, 0.25) is 5.91 Å².